The van der Waals surface area contributed by atoms with E-state index < -0.39 is 45.2 Å². The van der Waals surface area contributed by atoms with E-state index in [4.69, 9.17) is 0 Å². The molecule has 0 atom stereocenters. The van der Waals surface area contributed by atoms with E-state index in [-0.39, 0.29) is 0 Å². The lowest BCUT2D eigenvalue weighted by molar-refractivity contribution is 0.367. The molecule has 0 spiro atoms. The van der Waals surface area contributed by atoms with Crippen molar-refractivity contribution in [1.82, 2.24) is 0 Å². The van der Waals surface area contributed by atoms with Gasteiger partial charge in [0.2, 0.25) is 0 Å². The van der Waals surface area contributed by atoms with Crippen LogP contribution in [0.2, 0.25) is 0 Å². The fourth-order valence-corrected chi connectivity index (χ4v) is 2.07. The summed E-state index contributed by atoms with van der Waals surface area (Å²) >= 11 is 0. The van der Waals surface area contributed by atoms with Crippen LogP contribution in [0.4, 0.5) is 17.6 Å². The lowest BCUT2D eigenvalue weighted by atomic mass is 9.77. The first-order valence-corrected chi connectivity index (χ1v) is 6.51. The third kappa shape index (κ3) is 2.48. The van der Waals surface area contributed by atoms with E-state index in [1.807, 2.05) is 0 Å². The Bertz CT molecular complexity index is 513. The Morgan fingerprint density at radius 1 is 0.850 bits per heavy atom. The van der Waals surface area contributed by atoms with Crippen LogP contribution in [0.5, 0.6) is 0 Å². The second kappa shape index (κ2) is 5.23. The van der Waals surface area contributed by atoms with Crippen molar-refractivity contribution in [2.75, 3.05) is 0 Å². The van der Waals surface area contributed by atoms with Crippen molar-refractivity contribution in [3.63, 3.8) is 0 Å². The van der Waals surface area contributed by atoms with E-state index in [2.05, 4.69) is 6.58 Å². The average Bonchev–Trinajstić information content (AvgIpc) is 2.36. The quantitative estimate of drug-likeness (QED) is 0.395. The summed E-state index contributed by atoms with van der Waals surface area (Å²) in [6.45, 7) is 11.2. The standard InChI is InChI=1S/C16H20F4/c1-7-15(3,4)9-11(17)13(19)10(14(20)12(9)18)16(5,6)8-2/h7H,1,8H2,2-6H3. The number of allylic oxidation sites excluding steroid dienone is 1. The van der Waals surface area contributed by atoms with Crippen LogP contribution in [0.1, 0.15) is 52.2 Å². The van der Waals surface area contributed by atoms with Crippen LogP contribution in [0.15, 0.2) is 12.7 Å². The van der Waals surface area contributed by atoms with Gasteiger partial charge in [-0.25, -0.2) is 17.6 Å². The van der Waals surface area contributed by atoms with Gasteiger partial charge in [-0.15, -0.1) is 6.58 Å². The highest BCUT2D eigenvalue weighted by atomic mass is 19.2. The number of hydrogen-bond acceptors (Lipinski definition) is 0. The Morgan fingerprint density at radius 2 is 1.20 bits per heavy atom. The summed E-state index contributed by atoms with van der Waals surface area (Å²) in [5.41, 5.74) is -3.37. The number of rotatable bonds is 4. The lowest BCUT2D eigenvalue weighted by Gasteiger charge is -2.28. The second-order valence-electron chi connectivity index (χ2n) is 6.17. The van der Waals surface area contributed by atoms with Crippen molar-refractivity contribution in [2.45, 2.75) is 51.9 Å². The molecule has 0 heterocycles. The first-order chi connectivity index (χ1) is 9.01. The minimum Gasteiger partial charge on any atom is -0.203 e. The van der Waals surface area contributed by atoms with Gasteiger partial charge in [0.25, 0.3) is 0 Å². The fraction of sp³-hybridized carbons (Fsp3) is 0.500. The van der Waals surface area contributed by atoms with Crippen LogP contribution in [-0.4, -0.2) is 0 Å². The molecule has 1 aromatic rings. The van der Waals surface area contributed by atoms with Crippen LogP contribution in [-0.2, 0) is 10.8 Å². The highest BCUT2D eigenvalue weighted by Crippen LogP contribution is 2.39. The van der Waals surface area contributed by atoms with Crippen LogP contribution < -0.4 is 0 Å². The molecule has 0 saturated heterocycles. The maximum Gasteiger partial charge on any atom is 0.166 e. The van der Waals surface area contributed by atoms with Crippen molar-refractivity contribution in [3.8, 4) is 0 Å². The molecule has 0 aliphatic carbocycles. The van der Waals surface area contributed by atoms with Gasteiger partial charge < -0.3 is 0 Å². The Kier molecular flexibility index (Phi) is 4.37. The summed E-state index contributed by atoms with van der Waals surface area (Å²) in [7, 11) is 0. The molecule has 0 nitrogen and oxygen atoms in total. The van der Waals surface area contributed by atoms with Gasteiger partial charge in [0, 0.05) is 16.5 Å². The molecule has 0 aromatic heterocycles. The number of hydrogen-bond donors (Lipinski definition) is 0. The fourth-order valence-electron chi connectivity index (χ4n) is 2.07. The molecular weight excluding hydrogens is 268 g/mol. The Hall–Kier alpha value is -1.32. The number of benzene rings is 1. The average molecular weight is 288 g/mol. The first-order valence-electron chi connectivity index (χ1n) is 6.51. The van der Waals surface area contributed by atoms with E-state index >= 15 is 0 Å². The molecule has 0 aliphatic heterocycles. The highest BCUT2D eigenvalue weighted by Gasteiger charge is 2.37. The summed E-state index contributed by atoms with van der Waals surface area (Å²) in [5, 5.41) is 0. The Balaban J connectivity index is 3.81. The maximum atomic E-state index is 14.2. The van der Waals surface area contributed by atoms with E-state index in [0.29, 0.717) is 6.42 Å². The maximum absolute atomic E-state index is 14.2. The van der Waals surface area contributed by atoms with Gasteiger partial charge >= 0.3 is 0 Å². The van der Waals surface area contributed by atoms with Gasteiger partial charge in [-0.05, 0) is 11.8 Å². The van der Waals surface area contributed by atoms with Gasteiger partial charge in [-0.1, -0.05) is 40.7 Å². The molecule has 0 fully saturated rings. The normalized spacial score (nSPS) is 12.7. The molecule has 0 radical (unpaired) electrons. The van der Waals surface area contributed by atoms with Crippen molar-refractivity contribution in [3.05, 3.63) is 47.1 Å². The van der Waals surface area contributed by atoms with Crippen LogP contribution in [0, 0.1) is 23.3 Å². The van der Waals surface area contributed by atoms with Gasteiger partial charge in [-0.3, -0.25) is 0 Å². The van der Waals surface area contributed by atoms with Gasteiger partial charge in [-0.2, -0.15) is 0 Å². The smallest absolute Gasteiger partial charge is 0.166 e. The minimum atomic E-state index is -1.34. The summed E-state index contributed by atoms with van der Waals surface area (Å²) in [6, 6.07) is 0. The van der Waals surface area contributed by atoms with Gasteiger partial charge in [0.1, 0.15) is 0 Å². The SMILES string of the molecule is C=CC(C)(C)c1c(F)c(F)c(C(C)(C)CC)c(F)c1F. The van der Waals surface area contributed by atoms with Gasteiger partial charge in [0.05, 0.1) is 0 Å². The zero-order valence-corrected chi connectivity index (χ0v) is 12.5. The molecule has 0 unspecified atom stereocenters. The summed E-state index contributed by atoms with van der Waals surface area (Å²) in [4.78, 5) is 0. The van der Waals surface area contributed by atoms with E-state index in [1.54, 1.807) is 20.8 Å². The van der Waals surface area contributed by atoms with E-state index in [9.17, 15) is 17.6 Å². The second-order valence-corrected chi connectivity index (χ2v) is 6.17. The lowest BCUT2D eigenvalue weighted by Crippen LogP contribution is -2.26. The summed E-state index contributed by atoms with van der Waals surface area (Å²) in [6.07, 6.45) is 1.61. The first kappa shape index (κ1) is 16.7. The van der Waals surface area contributed by atoms with Crippen LogP contribution in [0.25, 0.3) is 0 Å². The van der Waals surface area contributed by atoms with Gasteiger partial charge in [0.15, 0.2) is 23.3 Å². The van der Waals surface area contributed by atoms with E-state index in [0.717, 1.165) is 0 Å². The van der Waals surface area contributed by atoms with Crippen molar-refractivity contribution >= 4 is 0 Å². The predicted octanol–water partition coefficient (Wildman–Crippen LogP) is 5.39. The topological polar surface area (TPSA) is 0 Å². The molecule has 0 bridgehead atoms. The number of halogens is 4. The highest BCUT2D eigenvalue weighted by molar-refractivity contribution is 5.39. The van der Waals surface area contributed by atoms with Crippen molar-refractivity contribution < 1.29 is 17.6 Å². The minimum absolute atomic E-state index is 0.351. The zero-order chi connectivity index (χ0) is 15.9. The predicted molar refractivity (Wildman–Crippen MR) is 72.8 cm³/mol. The summed E-state index contributed by atoms with van der Waals surface area (Å²) in [5.74, 6) is -5.32. The monoisotopic (exact) mass is 288 g/mol. The molecule has 1 aromatic carbocycles. The largest absolute Gasteiger partial charge is 0.203 e. The molecule has 0 saturated carbocycles. The Labute approximate surface area is 117 Å². The third-order valence-electron chi connectivity index (χ3n) is 3.98. The molecule has 1 rings (SSSR count). The molecule has 0 N–H and O–H groups in total. The molecule has 20 heavy (non-hydrogen) atoms. The molecule has 0 aliphatic rings. The van der Waals surface area contributed by atoms with Crippen LogP contribution >= 0.6 is 0 Å². The molecule has 0 amide bonds. The van der Waals surface area contributed by atoms with E-state index in [1.165, 1.54) is 19.9 Å². The molecular formula is C16H20F4. The molecule has 112 valence electrons. The molecule has 4 heteroatoms. The Morgan fingerprint density at radius 3 is 1.50 bits per heavy atom. The summed E-state index contributed by atoms with van der Waals surface area (Å²) < 4.78 is 56.9. The zero-order valence-electron chi connectivity index (χ0n) is 12.5. The van der Waals surface area contributed by atoms with Crippen molar-refractivity contribution in [2.24, 2.45) is 0 Å². The van der Waals surface area contributed by atoms with Crippen LogP contribution in [0.3, 0.4) is 0 Å². The van der Waals surface area contributed by atoms with Crippen molar-refractivity contribution in [1.29, 1.82) is 0 Å². The third-order valence-corrected chi connectivity index (χ3v) is 3.98.